The maximum absolute atomic E-state index is 12.5. The van der Waals surface area contributed by atoms with Crippen molar-refractivity contribution in [3.8, 4) is 0 Å². The molecule has 6 heteroatoms. The fourth-order valence-electron chi connectivity index (χ4n) is 1.32. The van der Waals surface area contributed by atoms with E-state index >= 15 is 0 Å². The van der Waals surface area contributed by atoms with E-state index in [1.165, 1.54) is 0 Å². The summed E-state index contributed by atoms with van der Waals surface area (Å²) in [6.45, 7) is 0. The molecule has 0 saturated heterocycles. The molecular weight excluding hydrogens is 246 g/mol. The quantitative estimate of drug-likeness (QED) is 0.760. The molecule has 0 bridgehead atoms. The molecule has 1 aliphatic rings. The van der Waals surface area contributed by atoms with Gasteiger partial charge >= 0.3 is 0 Å². The molecule has 0 atom stereocenters. The van der Waals surface area contributed by atoms with Gasteiger partial charge in [0, 0.05) is 18.8 Å². The van der Waals surface area contributed by atoms with Crippen molar-refractivity contribution < 1.29 is 13.3 Å². The van der Waals surface area contributed by atoms with Gasteiger partial charge in [-0.3, -0.25) is 0 Å². The fraction of sp³-hybridized carbons (Fsp3) is 0.714. The second-order valence-corrected chi connectivity index (χ2v) is 3.70. The zero-order valence-electron chi connectivity index (χ0n) is 6.64. The number of alkyl halides is 3. The van der Waals surface area contributed by atoms with Crippen LogP contribution in [0, 0.1) is 0 Å². The second-order valence-electron chi connectivity index (χ2n) is 3.14. The van der Waals surface area contributed by atoms with Gasteiger partial charge in [0.1, 0.15) is 0 Å². The Labute approximate surface area is 81.6 Å². The van der Waals surface area contributed by atoms with E-state index in [1.807, 2.05) is 0 Å². The predicted octanol–water partition coefficient (Wildman–Crippen LogP) is 2.48. The van der Waals surface area contributed by atoms with E-state index in [-0.39, 0.29) is 18.8 Å². The van der Waals surface area contributed by atoms with Crippen LogP contribution in [0.3, 0.4) is 0 Å². The number of aromatic nitrogens is 2. The minimum atomic E-state index is -2.53. The zero-order valence-corrected chi connectivity index (χ0v) is 8.22. The molecule has 0 N–H and O–H groups in total. The first-order valence-electron chi connectivity index (χ1n) is 3.87. The lowest BCUT2D eigenvalue weighted by Crippen LogP contribution is -2.33. The van der Waals surface area contributed by atoms with Crippen molar-refractivity contribution in [1.82, 2.24) is 10.1 Å². The molecule has 1 aromatic rings. The van der Waals surface area contributed by atoms with Gasteiger partial charge in [-0.05, 0) is 0 Å². The van der Waals surface area contributed by atoms with Crippen LogP contribution in [0.25, 0.3) is 0 Å². The molecule has 0 radical (unpaired) electrons. The van der Waals surface area contributed by atoms with Crippen LogP contribution in [-0.4, -0.2) is 16.1 Å². The maximum Gasteiger partial charge on any atom is 0.249 e. The summed E-state index contributed by atoms with van der Waals surface area (Å²) in [5.74, 6) is -1.95. The zero-order chi connectivity index (χ0) is 9.47. The van der Waals surface area contributed by atoms with Crippen molar-refractivity contribution in [3.63, 3.8) is 0 Å². The average Bonchev–Trinajstić information content (AvgIpc) is 2.47. The molecule has 1 fully saturated rings. The fourth-order valence-corrected chi connectivity index (χ4v) is 1.55. The molecule has 0 unspecified atom stereocenters. The predicted molar refractivity (Wildman–Crippen MR) is 43.9 cm³/mol. The number of rotatable bonds is 2. The highest BCUT2D eigenvalue weighted by atomic mass is 79.9. The molecule has 1 aliphatic carbocycles. The highest BCUT2D eigenvalue weighted by molar-refractivity contribution is 9.08. The molecule has 0 amide bonds. The summed E-state index contributed by atoms with van der Waals surface area (Å²) in [5.41, 5.74) is 0. The van der Waals surface area contributed by atoms with Gasteiger partial charge in [-0.25, -0.2) is 8.78 Å². The summed E-state index contributed by atoms with van der Waals surface area (Å²) >= 11 is 3.15. The van der Waals surface area contributed by atoms with E-state index in [1.54, 1.807) is 0 Å². The third-order valence-electron chi connectivity index (χ3n) is 2.04. The number of halogens is 3. The van der Waals surface area contributed by atoms with Crippen LogP contribution in [0.15, 0.2) is 4.52 Å². The molecule has 1 aromatic heterocycles. The van der Waals surface area contributed by atoms with Crippen LogP contribution in [0.2, 0.25) is 0 Å². The van der Waals surface area contributed by atoms with Gasteiger partial charge in [0.25, 0.3) is 0 Å². The maximum atomic E-state index is 12.5. The Hall–Kier alpha value is -0.520. The minimum absolute atomic E-state index is 0.170. The number of nitrogens with zero attached hydrogens (tertiary/aromatic N) is 2. The first-order valence-corrected chi connectivity index (χ1v) is 4.99. The molecule has 3 nitrogen and oxygen atoms in total. The normalized spacial score (nSPS) is 21.5. The van der Waals surface area contributed by atoms with Gasteiger partial charge in [0.15, 0.2) is 5.82 Å². The molecule has 1 saturated carbocycles. The van der Waals surface area contributed by atoms with Crippen molar-refractivity contribution in [2.24, 2.45) is 0 Å². The summed E-state index contributed by atoms with van der Waals surface area (Å²) in [6, 6.07) is 0. The van der Waals surface area contributed by atoms with Crippen LogP contribution in [0.5, 0.6) is 0 Å². The van der Waals surface area contributed by atoms with Crippen molar-refractivity contribution in [2.75, 3.05) is 0 Å². The molecule has 0 spiro atoms. The monoisotopic (exact) mass is 252 g/mol. The van der Waals surface area contributed by atoms with Crippen LogP contribution >= 0.6 is 15.9 Å². The molecule has 72 valence electrons. The van der Waals surface area contributed by atoms with Crippen LogP contribution in [-0.2, 0) is 5.33 Å². The third kappa shape index (κ3) is 1.72. The topological polar surface area (TPSA) is 38.9 Å². The van der Waals surface area contributed by atoms with Crippen molar-refractivity contribution in [2.45, 2.75) is 30.0 Å². The largest absolute Gasteiger partial charge is 0.339 e. The standard InChI is InChI=1S/C7H7BrF2N2O/c8-3-5-11-6(13-12-5)4-1-7(9,10)2-4/h4H,1-3H2. The van der Waals surface area contributed by atoms with Crippen LogP contribution < -0.4 is 0 Å². The third-order valence-corrected chi connectivity index (χ3v) is 2.54. The summed E-state index contributed by atoms with van der Waals surface area (Å²) in [6.07, 6.45) is -0.339. The lowest BCUT2D eigenvalue weighted by atomic mass is 9.81. The number of hydrogen-bond acceptors (Lipinski definition) is 3. The lowest BCUT2D eigenvalue weighted by Gasteiger charge is -2.31. The van der Waals surface area contributed by atoms with E-state index in [9.17, 15) is 8.78 Å². The molecule has 0 aliphatic heterocycles. The van der Waals surface area contributed by atoms with Gasteiger partial charge in [0.2, 0.25) is 11.8 Å². The Morgan fingerprint density at radius 1 is 1.54 bits per heavy atom. The van der Waals surface area contributed by atoms with Crippen molar-refractivity contribution >= 4 is 15.9 Å². The van der Waals surface area contributed by atoms with Gasteiger partial charge in [-0.15, -0.1) is 0 Å². The minimum Gasteiger partial charge on any atom is -0.339 e. The van der Waals surface area contributed by atoms with Gasteiger partial charge < -0.3 is 4.52 Å². The Balaban J connectivity index is 2.03. The van der Waals surface area contributed by atoms with E-state index in [0.717, 1.165) is 0 Å². The van der Waals surface area contributed by atoms with E-state index in [0.29, 0.717) is 17.0 Å². The SMILES string of the molecule is FC1(F)CC(c2nc(CBr)no2)C1. The molecule has 2 rings (SSSR count). The molecule has 1 heterocycles. The average molecular weight is 253 g/mol. The Bertz CT molecular complexity index is 307. The highest BCUT2D eigenvalue weighted by Gasteiger charge is 2.48. The highest BCUT2D eigenvalue weighted by Crippen LogP contribution is 2.47. The smallest absolute Gasteiger partial charge is 0.249 e. The summed E-state index contributed by atoms with van der Waals surface area (Å²) in [7, 11) is 0. The first-order chi connectivity index (χ1) is 6.11. The molecular formula is C7H7BrF2N2O. The molecule has 13 heavy (non-hydrogen) atoms. The van der Waals surface area contributed by atoms with Gasteiger partial charge in [-0.1, -0.05) is 21.1 Å². The van der Waals surface area contributed by atoms with Crippen molar-refractivity contribution in [1.29, 1.82) is 0 Å². The summed E-state index contributed by atoms with van der Waals surface area (Å²) in [5, 5.41) is 4.09. The second kappa shape index (κ2) is 3.01. The van der Waals surface area contributed by atoms with E-state index in [4.69, 9.17) is 4.52 Å². The van der Waals surface area contributed by atoms with Crippen molar-refractivity contribution in [3.05, 3.63) is 11.7 Å². The first kappa shape index (κ1) is 9.05. The summed E-state index contributed by atoms with van der Waals surface area (Å²) < 4.78 is 29.8. The Morgan fingerprint density at radius 2 is 2.23 bits per heavy atom. The van der Waals surface area contributed by atoms with E-state index in [2.05, 4.69) is 26.1 Å². The van der Waals surface area contributed by atoms with Gasteiger partial charge in [-0.2, -0.15) is 4.98 Å². The summed E-state index contributed by atoms with van der Waals surface area (Å²) in [4.78, 5) is 3.96. The Kier molecular flexibility index (Phi) is 2.09. The van der Waals surface area contributed by atoms with Gasteiger partial charge in [0.05, 0.1) is 5.33 Å². The van der Waals surface area contributed by atoms with E-state index < -0.39 is 5.92 Å². The van der Waals surface area contributed by atoms with Crippen LogP contribution in [0.4, 0.5) is 8.78 Å². The number of hydrogen-bond donors (Lipinski definition) is 0. The Morgan fingerprint density at radius 3 is 2.69 bits per heavy atom. The molecule has 0 aromatic carbocycles. The lowest BCUT2D eigenvalue weighted by molar-refractivity contribution is -0.0925. The van der Waals surface area contributed by atoms with Crippen LogP contribution in [0.1, 0.15) is 30.5 Å².